The third-order valence-electron chi connectivity index (χ3n) is 6.89. The number of aromatic nitrogens is 2. The highest BCUT2D eigenvalue weighted by Gasteiger charge is 2.28. The van der Waals surface area contributed by atoms with Gasteiger partial charge in [0.2, 0.25) is 5.91 Å². The molecular weight excluding hydrogens is 547 g/mol. The van der Waals surface area contributed by atoms with E-state index in [1.54, 1.807) is 33.0 Å². The van der Waals surface area contributed by atoms with Gasteiger partial charge in [0.15, 0.2) is 5.82 Å². The van der Waals surface area contributed by atoms with Crippen molar-refractivity contribution >= 4 is 27.8 Å². The number of hydrogen-bond acceptors (Lipinski definition) is 7. The Balaban J connectivity index is 1.59. The molecule has 2 aromatic carbocycles. The topological polar surface area (TPSA) is 127 Å². The third kappa shape index (κ3) is 8.17. The fraction of sp³-hybridized carbons (Fsp3) is 0.400. The molecule has 1 fully saturated rings. The number of benzene rings is 2. The number of rotatable bonds is 8. The number of nitrogens with zero attached hydrogens (tertiary/aromatic N) is 2. The lowest BCUT2D eigenvalue weighted by atomic mass is 9.85. The summed E-state index contributed by atoms with van der Waals surface area (Å²) < 4.78 is 43.4. The molecule has 41 heavy (non-hydrogen) atoms. The van der Waals surface area contributed by atoms with Crippen molar-refractivity contribution in [3.8, 4) is 11.3 Å². The van der Waals surface area contributed by atoms with Crippen LogP contribution in [0.1, 0.15) is 74.0 Å². The molecular formula is C30H35FN4O5S. The quantitative estimate of drug-likeness (QED) is 0.350. The van der Waals surface area contributed by atoms with Gasteiger partial charge in [0.1, 0.15) is 11.5 Å². The van der Waals surface area contributed by atoms with E-state index in [9.17, 15) is 18.0 Å². The standard InChI is InChI=1S/C30H35FN4O5S/c1-30(2,3)29(37)35-27-26(34-25(18-32-27)20-10-13-22(14-11-20)40-41(4,38)39)21-12-15-23(24(31)16-21)28(36)33-17-19-8-6-5-7-9-19/h5-9,12,15-16,18,20,22H,10-11,13-14,17H2,1-4H3,(H,33,36)(H,32,35,37). The molecule has 1 aromatic heterocycles. The van der Waals surface area contributed by atoms with Crippen molar-refractivity contribution in [2.45, 2.75) is 65.0 Å². The molecule has 0 aliphatic heterocycles. The van der Waals surface area contributed by atoms with Crippen LogP contribution in [0.4, 0.5) is 10.2 Å². The van der Waals surface area contributed by atoms with Crippen LogP contribution in [0.15, 0.2) is 54.7 Å². The lowest BCUT2D eigenvalue weighted by molar-refractivity contribution is -0.123. The number of nitrogens with one attached hydrogen (secondary N) is 2. The van der Waals surface area contributed by atoms with Gasteiger partial charge in [-0.15, -0.1) is 0 Å². The van der Waals surface area contributed by atoms with Crippen LogP contribution >= 0.6 is 0 Å². The van der Waals surface area contributed by atoms with E-state index in [2.05, 4.69) is 15.6 Å². The van der Waals surface area contributed by atoms with Gasteiger partial charge in [0.25, 0.3) is 16.0 Å². The van der Waals surface area contributed by atoms with Gasteiger partial charge in [-0.3, -0.25) is 13.8 Å². The third-order valence-corrected chi connectivity index (χ3v) is 7.51. The van der Waals surface area contributed by atoms with E-state index in [4.69, 9.17) is 9.17 Å². The summed E-state index contributed by atoms with van der Waals surface area (Å²) >= 11 is 0. The number of hydrogen-bond donors (Lipinski definition) is 2. The van der Waals surface area contributed by atoms with E-state index in [1.165, 1.54) is 12.1 Å². The Hall–Kier alpha value is -3.70. The number of halogens is 1. The Bertz CT molecular complexity index is 1520. The van der Waals surface area contributed by atoms with Crippen LogP contribution < -0.4 is 10.6 Å². The Morgan fingerprint density at radius 1 is 1.05 bits per heavy atom. The van der Waals surface area contributed by atoms with Crippen LogP contribution in [0.3, 0.4) is 0 Å². The fourth-order valence-electron chi connectivity index (χ4n) is 4.61. The number of carbonyl (C=O) groups excluding carboxylic acids is 2. The first kappa shape index (κ1) is 30.3. The summed E-state index contributed by atoms with van der Waals surface area (Å²) in [4.78, 5) is 34.8. The number of amides is 2. The maximum atomic E-state index is 15.3. The predicted octanol–water partition coefficient (Wildman–Crippen LogP) is 5.20. The van der Waals surface area contributed by atoms with Crippen LogP contribution in [0.25, 0.3) is 11.3 Å². The van der Waals surface area contributed by atoms with E-state index in [0.717, 1.165) is 11.8 Å². The minimum atomic E-state index is -3.54. The zero-order chi connectivity index (χ0) is 29.8. The molecule has 218 valence electrons. The highest BCUT2D eigenvalue weighted by atomic mass is 32.2. The van der Waals surface area contributed by atoms with Crippen molar-refractivity contribution in [1.29, 1.82) is 0 Å². The molecule has 11 heteroatoms. The van der Waals surface area contributed by atoms with Crippen LogP contribution in [0.5, 0.6) is 0 Å². The maximum Gasteiger partial charge on any atom is 0.264 e. The summed E-state index contributed by atoms with van der Waals surface area (Å²) in [6, 6.07) is 13.5. The molecule has 0 unspecified atom stereocenters. The Morgan fingerprint density at radius 2 is 1.73 bits per heavy atom. The van der Waals surface area contributed by atoms with Gasteiger partial charge >= 0.3 is 0 Å². The van der Waals surface area contributed by atoms with Crippen molar-refractivity contribution in [2.75, 3.05) is 11.6 Å². The van der Waals surface area contributed by atoms with E-state index in [1.807, 2.05) is 30.3 Å². The normalized spacial score (nSPS) is 17.6. The highest BCUT2D eigenvalue weighted by molar-refractivity contribution is 7.86. The van der Waals surface area contributed by atoms with Crippen LogP contribution in [0, 0.1) is 11.2 Å². The molecule has 0 atom stereocenters. The van der Waals surface area contributed by atoms with Crippen LogP contribution in [-0.4, -0.2) is 42.6 Å². The van der Waals surface area contributed by atoms with Gasteiger partial charge in [0, 0.05) is 23.4 Å². The Morgan fingerprint density at radius 3 is 2.34 bits per heavy atom. The van der Waals surface area contributed by atoms with Gasteiger partial charge in [-0.2, -0.15) is 8.42 Å². The Kier molecular flexibility index (Phi) is 9.18. The molecule has 0 bridgehead atoms. The lowest BCUT2D eigenvalue weighted by Gasteiger charge is -2.27. The first-order valence-electron chi connectivity index (χ1n) is 13.5. The van der Waals surface area contributed by atoms with E-state index in [-0.39, 0.29) is 41.5 Å². The molecule has 4 rings (SSSR count). The summed E-state index contributed by atoms with van der Waals surface area (Å²) in [6.45, 7) is 5.56. The summed E-state index contributed by atoms with van der Waals surface area (Å²) in [6.07, 6.45) is 4.60. The molecule has 3 aromatic rings. The molecule has 1 heterocycles. The summed E-state index contributed by atoms with van der Waals surface area (Å²) in [7, 11) is -3.54. The molecule has 1 aliphatic rings. The SMILES string of the molecule is CC(C)(C)C(=O)Nc1ncc(C2CCC(OS(C)(=O)=O)CC2)nc1-c1ccc(C(=O)NCc2ccccc2)c(F)c1. The first-order valence-corrected chi connectivity index (χ1v) is 15.3. The second-order valence-corrected chi connectivity index (χ2v) is 12.9. The minimum Gasteiger partial charge on any atom is -0.348 e. The van der Waals surface area contributed by atoms with Gasteiger partial charge in [0.05, 0.1) is 29.8 Å². The van der Waals surface area contributed by atoms with Crippen molar-refractivity contribution in [3.63, 3.8) is 0 Å². The van der Waals surface area contributed by atoms with Crippen molar-refractivity contribution in [2.24, 2.45) is 5.41 Å². The zero-order valence-electron chi connectivity index (χ0n) is 23.6. The molecule has 1 aliphatic carbocycles. The molecule has 1 saturated carbocycles. The average Bonchev–Trinajstić information content (AvgIpc) is 2.91. The van der Waals surface area contributed by atoms with Crippen molar-refractivity contribution in [3.05, 3.63) is 77.4 Å². The van der Waals surface area contributed by atoms with Gasteiger partial charge in [-0.05, 0) is 43.4 Å². The lowest BCUT2D eigenvalue weighted by Crippen LogP contribution is -2.28. The summed E-state index contributed by atoms with van der Waals surface area (Å²) in [5.41, 5.74) is 1.36. The van der Waals surface area contributed by atoms with Crippen molar-refractivity contribution < 1.29 is 26.6 Å². The highest BCUT2D eigenvalue weighted by Crippen LogP contribution is 2.36. The van der Waals surface area contributed by atoms with Gasteiger partial charge in [-0.25, -0.2) is 14.4 Å². The van der Waals surface area contributed by atoms with Crippen molar-refractivity contribution in [1.82, 2.24) is 15.3 Å². The van der Waals surface area contributed by atoms with Crippen LogP contribution in [0.2, 0.25) is 0 Å². The molecule has 0 saturated heterocycles. The molecule has 9 nitrogen and oxygen atoms in total. The fourth-order valence-corrected chi connectivity index (χ4v) is 5.30. The first-order chi connectivity index (χ1) is 19.3. The van der Waals surface area contributed by atoms with Gasteiger partial charge < -0.3 is 10.6 Å². The molecule has 0 radical (unpaired) electrons. The zero-order valence-corrected chi connectivity index (χ0v) is 24.4. The number of carbonyl (C=O) groups is 2. The van der Waals surface area contributed by atoms with E-state index >= 15 is 4.39 Å². The second kappa shape index (κ2) is 12.4. The predicted molar refractivity (Wildman–Crippen MR) is 154 cm³/mol. The summed E-state index contributed by atoms with van der Waals surface area (Å²) in [5, 5.41) is 5.53. The molecule has 2 amide bonds. The smallest absolute Gasteiger partial charge is 0.264 e. The second-order valence-electron chi connectivity index (χ2n) is 11.3. The summed E-state index contributed by atoms with van der Waals surface area (Å²) in [5.74, 6) is -1.39. The molecule has 0 spiro atoms. The molecule has 2 N–H and O–H groups in total. The Labute approximate surface area is 240 Å². The van der Waals surface area contributed by atoms with E-state index in [0.29, 0.717) is 36.9 Å². The monoisotopic (exact) mass is 582 g/mol. The minimum absolute atomic E-state index is 0.0130. The largest absolute Gasteiger partial charge is 0.348 e. The maximum absolute atomic E-state index is 15.3. The van der Waals surface area contributed by atoms with Crippen LogP contribution in [-0.2, 0) is 25.6 Å². The number of anilines is 1. The van der Waals surface area contributed by atoms with E-state index < -0.39 is 27.3 Å². The van der Waals surface area contributed by atoms with Gasteiger partial charge in [-0.1, -0.05) is 57.2 Å². The average molecular weight is 583 g/mol.